The van der Waals surface area contributed by atoms with Crippen LogP contribution in [0.25, 0.3) is 0 Å². The van der Waals surface area contributed by atoms with Crippen molar-refractivity contribution in [3.05, 3.63) is 63.7 Å². The Labute approximate surface area is 164 Å². The molecule has 10 heteroatoms. The number of nitro groups is 1. The van der Waals surface area contributed by atoms with Crippen molar-refractivity contribution in [1.82, 2.24) is 4.90 Å². The van der Waals surface area contributed by atoms with Gasteiger partial charge in [-0.3, -0.25) is 14.9 Å². The first-order valence-corrected chi connectivity index (χ1v) is 8.74. The first-order valence-electron chi connectivity index (χ1n) is 8.74. The van der Waals surface area contributed by atoms with Crippen LogP contribution in [-0.4, -0.2) is 49.0 Å². The van der Waals surface area contributed by atoms with Crippen molar-refractivity contribution in [2.75, 3.05) is 38.2 Å². The Balaban J connectivity index is 1.75. The third-order valence-electron chi connectivity index (χ3n) is 4.74. The van der Waals surface area contributed by atoms with Gasteiger partial charge in [0.25, 0.3) is 11.6 Å². The zero-order valence-corrected chi connectivity index (χ0v) is 15.5. The lowest BCUT2D eigenvalue weighted by atomic mass is 10.1. The summed E-state index contributed by atoms with van der Waals surface area (Å²) in [7, 11) is 1.52. The predicted molar refractivity (Wildman–Crippen MR) is 99.2 cm³/mol. The van der Waals surface area contributed by atoms with Crippen molar-refractivity contribution < 1.29 is 27.6 Å². The topological polar surface area (TPSA) is 75.9 Å². The van der Waals surface area contributed by atoms with E-state index in [1.54, 1.807) is 29.2 Å². The summed E-state index contributed by atoms with van der Waals surface area (Å²) in [5, 5.41) is 10.8. The monoisotopic (exact) mass is 409 g/mol. The molecule has 1 saturated heterocycles. The number of nitrogens with zero attached hydrogens (tertiary/aromatic N) is 3. The van der Waals surface area contributed by atoms with Gasteiger partial charge in [0.1, 0.15) is 5.75 Å². The van der Waals surface area contributed by atoms with Crippen molar-refractivity contribution in [1.29, 1.82) is 0 Å². The van der Waals surface area contributed by atoms with Gasteiger partial charge in [-0.25, -0.2) is 0 Å². The van der Waals surface area contributed by atoms with Crippen LogP contribution in [0.5, 0.6) is 5.75 Å². The van der Waals surface area contributed by atoms with E-state index in [9.17, 15) is 28.1 Å². The second-order valence-electron chi connectivity index (χ2n) is 6.46. The number of alkyl halides is 3. The minimum atomic E-state index is -4.72. The van der Waals surface area contributed by atoms with Gasteiger partial charge < -0.3 is 14.5 Å². The fourth-order valence-electron chi connectivity index (χ4n) is 3.21. The molecule has 0 unspecified atom stereocenters. The Morgan fingerprint density at radius 2 is 1.69 bits per heavy atom. The lowest BCUT2D eigenvalue weighted by Crippen LogP contribution is -2.49. The van der Waals surface area contributed by atoms with E-state index in [-0.39, 0.29) is 37.8 Å². The van der Waals surface area contributed by atoms with E-state index in [0.29, 0.717) is 17.4 Å². The van der Waals surface area contributed by atoms with E-state index in [0.717, 1.165) is 12.1 Å². The van der Waals surface area contributed by atoms with Gasteiger partial charge in [0.05, 0.1) is 17.6 Å². The molecule has 0 aliphatic carbocycles. The summed E-state index contributed by atoms with van der Waals surface area (Å²) in [6, 6.07) is 9.30. The number of benzene rings is 2. The Morgan fingerprint density at radius 1 is 1.07 bits per heavy atom. The number of hydrogen-bond acceptors (Lipinski definition) is 5. The summed E-state index contributed by atoms with van der Waals surface area (Å²) in [6.07, 6.45) is -4.72. The third-order valence-corrected chi connectivity index (χ3v) is 4.74. The predicted octanol–water partition coefficient (Wildman–Crippen LogP) is 3.58. The van der Waals surface area contributed by atoms with Crippen molar-refractivity contribution in [2.45, 2.75) is 6.18 Å². The Bertz CT molecular complexity index is 908. The molecule has 2 aromatic rings. The van der Waals surface area contributed by atoms with Gasteiger partial charge in [-0.15, -0.1) is 0 Å². The van der Waals surface area contributed by atoms with Gasteiger partial charge >= 0.3 is 6.18 Å². The molecule has 0 saturated carbocycles. The Kier molecular flexibility index (Phi) is 5.62. The van der Waals surface area contributed by atoms with Crippen LogP contribution < -0.4 is 9.64 Å². The summed E-state index contributed by atoms with van der Waals surface area (Å²) >= 11 is 0. The zero-order chi connectivity index (χ0) is 21.2. The molecule has 1 aliphatic rings. The van der Waals surface area contributed by atoms with E-state index in [4.69, 9.17) is 4.74 Å². The minimum absolute atomic E-state index is 0.125. The number of rotatable bonds is 4. The summed E-state index contributed by atoms with van der Waals surface area (Å²) in [5.41, 5.74) is -1.33. The first-order chi connectivity index (χ1) is 13.7. The highest BCUT2D eigenvalue weighted by Crippen LogP contribution is 2.39. The number of halogens is 3. The van der Waals surface area contributed by atoms with Gasteiger partial charge in [-0.2, -0.15) is 13.2 Å². The van der Waals surface area contributed by atoms with Crippen LogP contribution >= 0.6 is 0 Å². The second kappa shape index (κ2) is 7.98. The number of methoxy groups -OCH3 is 1. The molecule has 0 radical (unpaired) electrons. The molecule has 29 heavy (non-hydrogen) atoms. The summed E-state index contributed by atoms with van der Waals surface area (Å²) in [4.78, 5) is 25.6. The minimum Gasteiger partial charge on any atom is -0.497 e. The maximum Gasteiger partial charge on any atom is 0.418 e. The highest BCUT2D eigenvalue weighted by atomic mass is 19.4. The number of hydrogen-bond donors (Lipinski definition) is 0. The fourth-order valence-corrected chi connectivity index (χ4v) is 3.21. The number of carbonyl (C=O) groups excluding carboxylic acids is 1. The molecule has 1 fully saturated rings. The molecule has 0 bridgehead atoms. The molecule has 3 rings (SSSR count). The number of amides is 1. The van der Waals surface area contributed by atoms with Crippen LogP contribution in [0.3, 0.4) is 0 Å². The van der Waals surface area contributed by atoms with Crippen LogP contribution in [0, 0.1) is 10.1 Å². The number of ether oxygens (including phenoxy) is 1. The molecule has 2 aromatic carbocycles. The third kappa shape index (κ3) is 4.41. The first kappa shape index (κ1) is 20.4. The second-order valence-corrected chi connectivity index (χ2v) is 6.46. The van der Waals surface area contributed by atoms with Gasteiger partial charge in [0, 0.05) is 49.6 Å². The van der Waals surface area contributed by atoms with Crippen LogP contribution in [0.2, 0.25) is 0 Å². The van der Waals surface area contributed by atoms with Crippen LogP contribution in [-0.2, 0) is 6.18 Å². The summed E-state index contributed by atoms with van der Waals surface area (Å²) in [6.45, 7) is 0.837. The van der Waals surface area contributed by atoms with Gasteiger partial charge in [-0.1, -0.05) is 0 Å². The molecule has 1 amide bonds. The van der Waals surface area contributed by atoms with Crippen LogP contribution in [0.15, 0.2) is 42.5 Å². The van der Waals surface area contributed by atoms with Crippen LogP contribution in [0.4, 0.5) is 24.5 Å². The average molecular weight is 409 g/mol. The smallest absolute Gasteiger partial charge is 0.418 e. The number of nitro benzene ring substituents is 1. The van der Waals surface area contributed by atoms with Crippen molar-refractivity contribution in [3.8, 4) is 5.75 Å². The molecular formula is C19H18F3N3O4. The molecule has 0 aromatic heterocycles. The normalized spacial score (nSPS) is 14.6. The van der Waals surface area contributed by atoms with Crippen molar-refractivity contribution in [2.24, 2.45) is 0 Å². The largest absolute Gasteiger partial charge is 0.497 e. The Hall–Kier alpha value is -3.30. The van der Waals surface area contributed by atoms with E-state index in [1.165, 1.54) is 12.0 Å². The van der Waals surface area contributed by atoms with Crippen LogP contribution in [0.1, 0.15) is 15.9 Å². The summed E-state index contributed by atoms with van der Waals surface area (Å²) < 4.78 is 45.3. The maximum atomic E-state index is 13.4. The Morgan fingerprint density at radius 3 is 2.21 bits per heavy atom. The molecule has 154 valence electrons. The molecule has 1 heterocycles. The SMILES string of the molecule is COc1ccc(C(=O)N2CCN(c3ccc([N+](=O)[O-])cc3C(F)(F)F)CC2)cc1. The molecule has 0 spiro atoms. The molecule has 1 aliphatic heterocycles. The van der Waals surface area contributed by atoms with Gasteiger partial charge in [0.2, 0.25) is 0 Å². The summed E-state index contributed by atoms with van der Waals surface area (Å²) in [5.74, 6) is 0.399. The highest BCUT2D eigenvalue weighted by molar-refractivity contribution is 5.94. The van der Waals surface area contributed by atoms with E-state index in [1.807, 2.05) is 0 Å². The molecule has 0 N–H and O–H groups in total. The number of piperazine rings is 1. The zero-order valence-electron chi connectivity index (χ0n) is 15.5. The van der Waals surface area contributed by atoms with E-state index in [2.05, 4.69) is 0 Å². The number of non-ortho nitro benzene ring substituents is 1. The van der Waals surface area contributed by atoms with E-state index < -0.39 is 22.4 Å². The van der Waals surface area contributed by atoms with Gasteiger partial charge in [-0.05, 0) is 30.3 Å². The quantitative estimate of drug-likeness (QED) is 0.570. The van der Waals surface area contributed by atoms with Gasteiger partial charge in [0.15, 0.2) is 0 Å². The highest BCUT2D eigenvalue weighted by Gasteiger charge is 2.37. The van der Waals surface area contributed by atoms with E-state index >= 15 is 0 Å². The maximum absolute atomic E-state index is 13.4. The molecule has 0 atom stereocenters. The lowest BCUT2D eigenvalue weighted by Gasteiger charge is -2.37. The molecule has 7 nitrogen and oxygen atoms in total. The standard InChI is InChI=1S/C19H18F3N3O4/c1-29-15-5-2-13(3-6-15)18(26)24-10-8-23(9-11-24)17-7-4-14(25(27)28)12-16(17)19(20,21)22/h2-7,12H,8-11H2,1H3. The molecular weight excluding hydrogens is 391 g/mol. The van der Waals surface area contributed by atoms with Crippen molar-refractivity contribution >= 4 is 17.3 Å². The lowest BCUT2D eigenvalue weighted by molar-refractivity contribution is -0.385. The number of anilines is 1. The average Bonchev–Trinajstić information content (AvgIpc) is 2.72. The van der Waals surface area contributed by atoms with Crippen molar-refractivity contribution in [3.63, 3.8) is 0 Å². The number of carbonyl (C=O) groups is 1. The fraction of sp³-hybridized carbons (Fsp3) is 0.316.